The smallest absolute Gasteiger partial charge is 0.258 e. The van der Waals surface area contributed by atoms with Crippen LogP contribution in [-0.4, -0.2) is 24.1 Å². The molecule has 84 valence electrons. The average Bonchev–Trinajstić information content (AvgIpc) is 2.15. The molecule has 0 saturated carbocycles. The van der Waals surface area contributed by atoms with Gasteiger partial charge in [-0.2, -0.15) is 0 Å². The SMILES string of the molecule is Cc1nc2cc(F)c(N(C)C)cc2c(=O)[nH]1. The minimum Gasteiger partial charge on any atom is -0.375 e. The predicted molar refractivity (Wildman–Crippen MR) is 61.4 cm³/mol. The van der Waals surface area contributed by atoms with Gasteiger partial charge in [0.2, 0.25) is 0 Å². The Morgan fingerprint density at radius 1 is 1.38 bits per heavy atom. The molecule has 0 saturated heterocycles. The van der Waals surface area contributed by atoms with Crippen LogP contribution in [0.2, 0.25) is 0 Å². The first kappa shape index (κ1) is 10.6. The Labute approximate surface area is 91.7 Å². The fourth-order valence-corrected chi connectivity index (χ4v) is 1.61. The number of fused-ring (bicyclic) bond motifs is 1. The van der Waals surface area contributed by atoms with Gasteiger partial charge in [-0.3, -0.25) is 4.79 Å². The fourth-order valence-electron chi connectivity index (χ4n) is 1.61. The minimum atomic E-state index is -0.380. The van der Waals surface area contributed by atoms with Gasteiger partial charge in [-0.1, -0.05) is 0 Å². The van der Waals surface area contributed by atoms with Crippen molar-refractivity contribution < 1.29 is 4.39 Å². The molecule has 1 aromatic carbocycles. The molecule has 5 heteroatoms. The molecular formula is C11H12FN3O. The number of benzene rings is 1. The highest BCUT2D eigenvalue weighted by atomic mass is 19.1. The molecule has 1 N–H and O–H groups in total. The van der Waals surface area contributed by atoms with Crippen molar-refractivity contribution >= 4 is 16.6 Å². The van der Waals surface area contributed by atoms with Crippen molar-refractivity contribution in [1.82, 2.24) is 9.97 Å². The molecule has 0 atom stereocenters. The standard InChI is InChI=1S/C11H12FN3O/c1-6-13-9-5-8(12)10(15(2)3)4-7(9)11(16)14-6/h4-5H,1-3H3,(H,13,14,16). The van der Waals surface area contributed by atoms with Gasteiger partial charge in [-0.15, -0.1) is 0 Å². The van der Waals surface area contributed by atoms with Gasteiger partial charge in [0, 0.05) is 20.2 Å². The van der Waals surface area contributed by atoms with E-state index in [9.17, 15) is 9.18 Å². The molecule has 1 heterocycles. The van der Waals surface area contributed by atoms with Crippen LogP contribution in [0.15, 0.2) is 16.9 Å². The molecule has 4 nitrogen and oxygen atoms in total. The summed E-state index contributed by atoms with van der Waals surface area (Å²) < 4.78 is 13.6. The zero-order valence-electron chi connectivity index (χ0n) is 9.34. The fraction of sp³-hybridized carbons (Fsp3) is 0.273. The van der Waals surface area contributed by atoms with Crippen LogP contribution in [0.4, 0.5) is 10.1 Å². The van der Waals surface area contributed by atoms with Crippen molar-refractivity contribution in [2.24, 2.45) is 0 Å². The van der Waals surface area contributed by atoms with Crippen LogP contribution in [0.5, 0.6) is 0 Å². The number of anilines is 1. The topological polar surface area (TPSA) is 49.0 Å². The summed E-state index contributed by atoms with van der Waals surface area (Å²) in [4.78, 5) is 19.9. The summed E-state index contributed by atoms with van der Waals surface area (Å²) in [6.07, 6.45) is 0. The van der Waals surface area contributed by atoms with Crippen LogP contribution < -0.4 is 10.5 Å². The largest absolute Gasteiger partial charge is 0.375 e. The molecule has 0 radical (unpaired) electrons. The van der Waals surface area contributed by atoms with Crippen LogP contribution in [0.1, 0.15) is 5.82 Å². The van der Waals surface area contributed by atoms with Gasteiger partial charge >= 0.3 is 0 Å². The average molecular weight is 221 g/mol. The molecule has 0 amide bonds. The molecule has 16 heavy (non-hydrogen) atoms. The van der Waals surface area contributed by atoms with Crippen LogP contribution in [0, 0.1) is 12.7 Å². The zero-order valence-corrected chi connectivity index (χ0v) is 9.34. The highest BCUT2D eigenvalue weighted by Crippen LogP contribution is 2.21. The van der Waals surface area contributed by atoms with E-state index in [1.807, 2.05) is 0 Å². The maximum atomic E-state index is 13.6. The number of H-pyrrole nitrogens is 1. The Morgan fingerprint density at radius 3 is 2.69 bits per heavy atom. The van der Waals surface area contributed by atoms with E-state index in [0.717, 1.165) is 0 Å². The first-order valence-corrected chi connectivity index (χ1v) is 4.86. The quantitative estimate of drug-likeness (QED) is 0.792. The van der Waals surface area contributed by atoms with Crippen molar-refractivity contribution in [2.75, 3.05) is 19.0 Å². The second-order valence-electron chi connectivity index (χ2n) is 3.87. The maximum Gasteiger partial charge on any atom is 0.258 e. The molecule has 0 aliphatic carbocycles. The Morgan fingerprint density at radius 2 is 2.06 bits per heavy atom. The lowest BCUT2D eigenvalue weighted by Gasteiger charge is -2.13. The summed E-state index contributed by atoms with van der Waals surface area (Å²) >= 11 is 0. The van der Waals surface area contributed by atoms with E-state index in [0.29, 0.717) is 22.4 Å². The number of nitrogens with one attached hydrogen (secondary N) is 1. The van der Waals surface area contributed by atoms with E-state index in [1.54, 1.807) is 25.9 Å². The summed E-state index contributed by atoms with van der Waals surface area (Å²) in [5, 5.41) is 0.399. The summed E-state index contributed by atoms with van der Waals surface area (Å²) in [6.45, 7) is 1.67. The second-order valence-corrected chi connectivity index (χ2v) is 3.87. The lowest BCUT2D eigenvalue weighted by atomic mass is 10.2. The van der Waals surface area contributed by atoms with Gasteiger partial charge in [0.25, 0.3) is 5.56 Å². The van der Waals surface area contributed by atoms with E-state index in [4.69, 9.17) is 0 Å². The van der Waals surface area contributed by atoms with E-state index in [-0.39, 0.29) is 11.4 Å². The third-order valence-corrected chi connectivity index (χ3v) is 2.37. The molecule has 0 bridgehead atoms. The van der Waals surface area contributed by atoms with Gasteiger partial charge in [0.1, 0.15) is 11.6 Å². The summed E-state index contributed by atoms with van der Waals surface area (Å²) in [5.74, 6) is 0.101. The lowest BCUT2D eigenvalue weighted by molar-refractivity contribution is 0.627. The van der Waals surface area contributed by atoms with Crippen LogP contribution in [0.3, 0.4) is 0 Å². The summed E-state index contributed by atoms with van der Waals surface area (Å²) in [7, 11) is 3.44. The third kappa shape index (κ3) is 1.64. The zero-order chi connectivity index (χ0) is 11.9. The van der Waals surface area contributed by atoms with Crippen molar-refractivity contribution in [3.63, 3.8) is 0 Å². The van der Waals surface area contributed by atoms with E-state index in [1.165, 1.54) is 12.1 Å². The number of halogens is 1. The first-order valence-electron chi connectivity index (χ1n) is 4.86. The van der Waals surface area contributed by atoms with Gasteiger partial charge < -0.3 is 9.88 Å². The maximum absolute atomic E-state index is 13.6. The highest BCUT2D eigenvalue weighted by Gasteiger charge is 2.09. The van der Waals surface area contributed by atoms with Gasteiger partial charge in [0.15, 0.2) is 0 Å². The highest BCUT2D eigenvalue weighted by molar-refractivity contribution is 5.82. The van der Waals surface area contributed by atoms with Gasteiger partial charge in [-0.05, 0) is 13.0 Å². The predicted octanol–water partition coefficient (Wildman–Crippen LogP) is 1.44. The van der Waals surface area contributed by atoms with Crippen LogP contribution in [-0.2, 0) is 0 Å². The molecule has 2 aromatic rings. The molecule has 2 rings (SSSR count). The van der Waals surface area contributed by atoms with Crippen molar-refractivity contribution in [3.8, 4) is 0 Å². The number of rotatable bonds is 1. The second kappa shape index (κ2) is 3.59. The van der Waals surface area contributed by atoms with E-state index in [2.05, 4.69) is 9.97 Å². The molecule has 0 unspecified atom stereocenters. The molecule has 0 aliphatic heterocycles. The Bertz CT molecular complexity index is 604. The lowest BCUT2D eigenvalue weighted by Crippen LogP contribution is -2.14. The van der Waals surface area contributed by atoms with Crippen molar-refractivity contribution in [2.45, 2.75) is 6.92 Å². The first-order chi connectivity index (χ1) is 7.49. The Hall–Kier alpha value is -1.91. The molecular weight excluding hydrogens is 209 g/mol. The number of hydrogen-bond donors (Lipinski definition) is 1. The summed E-state index contributed by atoms with van der Waals surface area (Å²) in [6, 6.07) is 2.79. The van der Waals surface area contributed by atoms with E-state index >= 15 is 0 Å². The Balaban J connectivity index is 2.85. The Kier molecular flexibility index (Phi) is 2.38. The van der Waals surface area contributed by atoms with Crippen LogP contribution in [0.25, 0.3) is 10.9 Å². The molecule has 0 aliphatic rings. The molecule has 0 fully saturated rings. The van der Waals surface area contributed by atoms with Crippen molar-refractivity contribution in [3.05, 3.63) is 34.1 Å². The number of aromatic amines is 1. The molecule has 1 aromatic heterocycles. The number of aryl methyl sites for hydroxylation is 1. The summed E-state index contributed by atoms with van der Waals surface area (Å²) in [5.41, 5.74) is 0.513. The third-order valence-electron chi connectivity index (χ3n) is 2.37. The number of hydrogen-bond acceptors (Lipinski definition) is 3. The minimum absolute atomic E-state index is 0.245. The van der Waals surface area contributed by atoms with Gasteiger partial charge in [-0.25, -0.2) is 9.37 Å². The van der Waals surface area contributed by atoms with Gasteiger partial charge in [0.05, 0.1) is 16.6 Å². The van der Waals surface area contributed by atoms with Crippen LogP contribution >= 0.6 is 0 Å². The van der Waals surface area contributed by atoms with Crippen molar-refractivity contribution in [1.29, 1.82) is 0 Å². The number of aromatic nitrogens is 2. The number of nitrogens with zero attached hydrogens (tertiary/aromatic N) is 2. The monoisotopic (exact) mass is 221 g/mol. The normalized spacial score (nSPS) is 10.8. The molecule has 0 spiro atoms. The van der Waals surface area contributed by atoms with E-state index < -0.39 is 0 Å².